The molecule has 2 aromatic carbocycles. The molecule has 0 saturated heterocycles. The third-order valence-electron chi connectivity index (χ3n) is 3.30. The Kier molecular flexibility index (Phi) is 6.22. The Morgan fingerprint density at radius 1 is 1.00 bits per heavy atom. The van der Waals surface area contributed by atoms with Crippen LogP contribution < -0.4 is 10.2 Å². The summed E-state index contributed by atoms with van der Waals surface area (Å²) in [6.07, 6.45) is 2.30. The van der Waals surface area contributed by atoms with Crippen LogP contribution in [0.15, 0.2) is 60.7 Å². The number of rotatable bonds is 6. The maximum Gasteiger partial charge on any atom is 0.173 e. The summed E-state index contributed by atoms with van der Waals surface area (Å²) in [5.74, 6) is 0. The molecule has 0 radical (unpaired) electrons. The molecule has 0 aromatic heterocycles. The van der Waals surface area contributed by atoms with Crippen molar-refractivity contribution < 1.29 is 0 Å². The molecule has 0 spiro atoms. The summed E-state index contributed by atoms with van der Waals surface area (Å²) in [7, 11) is 0. The number of nitrogens with zero attached hydrogens (tertiary/aromatic N) is 1. The molecular formula is C18H22N2S. The second-order valence-corrected chi connectivity index (χ2v) is 5.38. The number of hydrogen-bond donors (Lipinski definition) is 1. The molecule has 110 valence electrons. The first-order valence-electron chi connectivity index (χ1n) is 7.45. The predicted molar refractivity (Wildman–Crippen MR) is 94.6 cm³/mol. The van der Waals surface area contributed by atoms with Gasteiger partial charge in [-0.05, 0) is 36.3 Å². The number of hydrogen-bond acceptors (Lipinski definition) is 1. The normalized spacial score (nSPS) is 10.1. The molecule has 1 N–H and O–H groups in total. The fourth-order valence-corrected chi connectivity index (χ4v) is 2.39. The van der Waals surface area contributed by atoms with Crippen molar-refractivity contribution in [1.82, 2.24) is 5.32 Å². The van der Waals surface area contributed by atoms with Crippen LogP contribution in [0.2, 0.25) is 0 Å². The zero-order valence-corrected chi connectivity index (χ0v) is 13.3. The third kappa shape index (κ3) is 4.87. The molecule has 0 aliphatic carbocycles. The predicted octanol–water partition coefficient (Wildman–Crippen LogP) is 4.37. The molecule has 0 saturated carbocycles. The average Bonchev–Trinajstić information content (AvgIpc) is 2.54. The van der Waals surface area contributed by atoms with E-state index in [0.29, 0.717) is 0 Å². The molecule has 0 fully saturated rings. The van der Waals surface area contributed by atoms with Crippen molar-refractivity contribution in [3.63, 3.8) is 0 Å². The lowest BCUT2D eigenvalue weighted by molar-refractivity contribution is 0.749. The Labute approximate surface area is 132 Å². The van der Waals surface area contributed by atoms with Crippen LogP contribution >= 0.6 is 12.2 Å². The molecule has 0 atom stereocenters. The van der Waals surface area contributed by atoms with Gasteiger partial charge in [-0.1, -0.05) is 61.9 Å². The Bertz CT molecular complexity index is 540. The summed E-state index contributed by atoms with van der Waals surface area (Å²) in [5, 5.41) is 4.15. The Hall–Kier alpha value is -1.87. The van der Waals surface area contributed by atoms with Gasteiger partial charge in [-0.25, -0.2) is 0 Å². The van der Waals surface area contributed by atoms with E-state index in [-0.39, 0.29) is 0 Å². The molecule has 2 nitrogen and oxygen atoms in total. The molecule has 0 aliphatic rings. The first kappa shape index (κ1) is 15.5. The number of benzene rings is 2. The van der Waals surface area contributed by atoms with Crippen LogP contribution in [0.3, 0.4) is 0 Å². The number of anilines is 1. The van der Waals surface area contributed by atoms with Crippen molar-refractivity contribution in [2.45, 2.75) is 26.3 Å². The van der Waals surface area contributed by atoms with Crippen LogP contribution in [0.4, 0.5) is 5.69 Å². The summed E-state index contributed by atoms with van der Waals surface area (Å²) >= 11 is 5.58. The second kappa shape index (κ2) is 8.42. The van der Waals surface area contributed by atoms with Crippen LogP contribution in [-0.4, -0.2) is 11.7 Å². The SMILES string of the molecule is CCCCNC(=S)N(Cc1ccccc1)c1ccccc1. The molecule has 0 aliphatic heterocycles. The van der Waals surface area contributed by atoms with E-state index in [9.17, 15) is 0 Å². The van der Waals surface area contributed by atoms with Crippen molar-refractivity contribution in [2.75, 3.05) is 11.4 Å². The highest BCUT2D eigenvalue weighted by atomic mass is 32.1. The minimum Gasteiger partial charge on any atom is -0.362 e. The van der Waals surface area contributed by atoms with E-state index in [1.54, 1.807) is 0 Å². The van der Waals surface area contributed by atoms with Gasteiger partial charge in [-0.3, -0.25) is 0 Å². The van der Waals surface area contributed by atoms with E-state index in [2.05, 4.69) is 53.5 Å². The highest BCUT2D eigenvalue weighted by Crippen LogP contribution is 2.17. The van der Waals surface area contributed by atoms with E-state index in [1.165, 1.54) is 12.0 Å². The zero-order valence-electron chi connectivity index (χ0n) is 12.5. The van der Waals surface area contributed by atoms with Crippen LogP contribution in [0.25, 0.3) is 0 Å². The fourth-order valence-electron chi connectivity index (χ4n) is 2.12. The maximum atomic E-state index is 5.58. The Morgan fingerprint density at radius 2 is 1.62 bits per heavy atom. The lowest BCUT2D eigenvalue weighted by Gasteiger charge is -2.26. The highest BCUT2D eigenvalue weighted by molar-refractivity contribution is 7.80. The van der Waals surface area contributed by atoms with Gasteiger partial charge < -0.3 is 10.2 Å². The van der Waals surface area contributed by atoms with E-state index < -0.39 is 0 Å². The molecule has 0 amide bonds. The van der Waals surface area contributed by atoms with Gasteiger partial charge in [0.05, 0.1) is 6.54 Å². The molecule has 0 heterocycles. The van der Waals surface area contributed by atoms with Crippen LogP contribution in [0.1, 0.15) is 25.3 Å². The molecular weight excluding hydrogens is 276 g/mol. The van der Waals surface area contributed by atoms with Gasteiger partial charge in [-0.2, -0.15) is 0 Å². The average molecular weight is 298 g/mol. The number of para-hydroxylation sites is 1. The first-order valence-corrected chi connectivity index (χ1v) is 7.86. The maximum absolute atomic E-state index is 5.58. The standard InChI is InChI=1S/C18H22N2S/c1-2-3-14-19-18(21)20(17-12-8-5-9-13-17)15-16-10-6-4-7-11-16/h4-13H,2-3,14-15H2,1H3,(H,19,21). The van der Waals surface area contributed by atoms with Gasteiger partial charge in [0.2, 0.25) is 0 Å². The number of unbranched alkanes of at least 4 members (excludes halogenated alkanes) is 1. The Morgan fingerprint density at radius 3 is 2.24 bits per heavy atom. The van der Waals surface area contributed by atoms with E-state index in [4.69, 9.17) is 12.2 Å². The van der Waals surface area contributed by atoms with Crippen molar-refractivity contribution in [1.29, 1.82) is 0 Å². The molecule has 2 aromatic rings. The van der Waals surface area contributed by atoms with E-state index in [0.717, 1.165) is 30.3 Å². The lowest BCUT2D eigenvalue weighted by atomic mass is 10.2. The molecule has 0 bridgehead atoms. The Balaban J connectivity index is 2.12. The minimum atomic E-state index is 0.781. The van der Waals surface area contributed by atoms with E-state index in [1.807, 2.05) is 24.3 Å². The van der Waals surface area contributed by atoms with Crippen molar-refractivity contribution >= 4 is 23.0 Å². The summed E-state index contributed by atoms with van der Waals surface area (Å²) in [5.41, 5.74) is 2.37. The third-order valence-corrected chi connectivity index (χ3v) is 3.67. The summed E-state index contributed by atoms with van der Waals surface area (Å²) in [6, 6.07) is 20.7. The first-order chi connectivity index (χ1) is 10.3. The molecule has 21 heavy (non-hydrogen) atoms. The molecule has 0 unspecified atom stereocenters. The largest absolute Gasteiger partial charge is 0.362 e. The van der Waals surface area contributed by atoms with Crippen LogP contribution in [-0.2, 0) is 6.54 Å². The van der Waals surface area contributed by atoms with Gasteiger partial charge in [0.15, 0.2) is 5.11 Å². The minimum absolute atomic E-state index is 0.781. The lowest BCUT2D eigenvalue weighted by Crippen LogP contribution is -2.39. The number of nitrogens with one attached hydrogen (secondary N) is 1. The summed E-state index contributed by atoms with van der Waals surface area (Å²) < 4.78 is 0. The zero-order chi connectivity index (χ0) is 14.9. The van der Waals surface area contributed by atoms with Crippen LogP contribution in [0.5, 0.6) is 0 Å². The number of thiocarbonyl (C=S) groups is 1. The molecule has 3 heteroatoms. The molecule has 2 rings (SSSR count). The summed E-state index contributed by atoms with van der Waals surface area (Å²) in [6.45, 7) is 3.89. The topological polar surface area (TPSA) is 15.3 Å². The fraction of sp³-hybridized carbons (Fsp3) is 0.278. The van der Waals surface area contributed by atoms with Gasteiger partial charge in [0.1, 0.15) is 0 Å². The van der Waals surface area contributed by atoms with Gasteiger partial charge >= 0.3 is 0 Å². The van der Waals surface area contributed by atoms with E-state index >= 15 is 0 Å². The summed E-state index contributed by atoms with van der Waals surface area (Å²) in [4.78, 5) is 2.15. The van der Waals surface area contributed by atoms with Crippen molar-refractivity contribution in [2.24, 2.45) is 0 Å². The van der Waals surface area contributed by atoms with Crippen LogP contribution in [0, 0.1) is 0 Å². The van der Waals surface area contributed by atoms with Gasteiger partial charge in [0, 0.05) is 12.2 Å². The monoisotopic (exact) mass is 298 g/mol. The highest BCUT2D eigenvalue weighted by Gasteiger charge is 2.11. The van der Waals surface area contributed by atoms with Gasteiger partial charge in [0.25, 0.3) is 0 Å². The van der Waals surface area contributed by atoms with Gasteiger partial charge in [-0.15, -0.1) is 0 Å². The second-order valence-electron chi connectivity index (χ2n) is 4.99. The smallest absolute Gasteiger partial charge is 0.173 e. The van der Waals surface area contributed by atoms with Crippen molar-refractivity contribution in [3.05, 3.63) is 66.2 Å². The quantitative estimate of drug-likeness (QED) is 0.630. The van der Waals surface area contributed by atoms with Crippen molar-refractivity contribution in [3.8, 4) is 0 Å².